The van der Waals surface area contributed by atoms with E-state index in [1.807, 2.05) is 6.92 Å². The predicted octanol–water partition coefficient (Wildman–Crippen LogP) is 2.64. The Hall–Kier alpha value is -2.47. The van der Waals surface area contributed by atoms with Crippen LogP contribution in [0.5, 0.6) is 0 Å². The standard InChI is InChI=1S/C19H22FN3O2/c1-13-10-15(21)11-17(22-13)18-12-23(8-9-25-18)19(24)7-6-14-4-2-3-5-16(14)20/h2-5,10-11,18H,6-9,12H2,1H3,(H2,21,22). The topological polar surface area (TPSA) is 68.5 Å². The van der Waals surface area contributed by atoms with E-state index in [1.165, 1.54) is 6.07 Å². The van der Waals surface area contributed by atoms with E-state index in [0.29, 0.717) is 37.4 Å². The maximum atomic E-state index is 13.7. The van der Waals surface area contributed by atoms with Crippen LogP contribution in [0.1, 0.15) is 29.5 Å². The molecule has 1 aromatic heterocycles. The number of hydrogen-bond acceptors (Lipinski definition) is 4. The van der Waals surface area contributed by atoms with Gasteiger partial charge in [-0.3, -0.25) is 9.78 Å². The molecule has 0 bridgehead atoms. The molecule has 1 saturated heterocycles. The summed E-state index contributed by atoms with van der Waals surface area (Å²) in [6.07, 6.45) is 0.383. The molecular weight excluding hydrogens is 321 g/mol. The summed E-state index contributed by atoms with van der Waals surface area (Å²) in [4.78, 5) is 18.7. The van der Waals surface area contributed by atoms with Crippen LogP contribution in [0.2, 0.25) is 0 Å². The van der Waals surface area contributed by atoms with Crippen LogP contribution in [0.25, 0.3) is 0 Å². The molecule has 0 radical (unpaired) electrons. The predicted molar refractivity (Wildman–Crippen MR) is 93.4 cm³/mol. The summed E-state index contributed by atoms with van der Waals surface area (Å²) < 4.78 is 19.4. The van der Waals surface area contributed by atoms with Crippen LogP contribution in [0.4, 0.5) is 10.1 Å². The molecular formula is C19H22FN3O2. The first-order chi connectivity index (χ1) is 12.0. The lowest BCUT2D eigenvalue weighted by atomic mass is 10.1. The summed E-state index contributed by atoms with van der Waals surface area (Å²) in [7, 11) is 0. The fraction of sp³-hybridized carbons (Fsp3) is 0.368. The number of halogens is 1. The van der Waals surface area contributed by atoms with E-state index in [0.717, 1.165) is 11.4 Å². The van der Waals surface area contributed by atoms with Crippen molar-refractivity contribution in [3.63, 3.8) is 0 Å². The van der Waals surface area contributed by atoms with Gasteiger partial charge in [-0.15, -0.1) is 0 Å². The fourth-order valence-corrected chi connectivity index (χ4v) is 3.04. The van der Waals surface area contributed by atoms with Gasteiger partial charge in [-0.05, 0) is 37.1 Å². The summed E-state index contributed by atoms with van der Waals surface area (Å²) in [6.45, 7) is 3.30. The maximum Gasteiger partial charge on any atom is 0.223 e. The highest BCUT2D eigenvalue weighted by molar-refractivity contribution is 5.76. The monoisotopic (exact) mass is 343 g/mol. The average molecular weight is 343 g/mol. The van der Waals surface area contributed by atoms with Crippen LogP contribution in [0.3, 0.4) is 0 Å². The number of hydrogen-bond donors (Lipinski definition) is 1. The SMILES string of the molecule is Cc1cc(N)cc(C2CN(C(=O)CCc3ccccc3F)CCO2)n1. The molecule has 0 spiro atoms. The number of carbonyl (C=O) groups excluding carboxylic acids is 1. The molecule has 1 amide bonds. The number of benzene rings is 1. The summed E-state index contributed by atoms with van der Waals surface area (Å²) in [6, 6.07) is 10.1. The van der Waals surface area contributed by atoms with Gasteiger partial charge in [0.2, 0.25) is 5.91 Å². The van der Waals surface area contributed by atoms with Crippen molar-refractivity contribution >= 4 is 11.6 Å². The van der Waals surface area contributed by atoms with Gasteiger partial charge in [0.15, 0.2) is 0 Å². The molecule has 1 atom stereocenters. The molecule has 3 rings (SSSR count). The molecule has 2 heterocycles. The Labute approximate surface area is 146 Å². The first-order valence-corrected chi connectivity index (χ1v) is 8.40. The van der Waals surface area contributed by atoms with Gasteiger partial charge in [0, 0.05) is 24.3 Å². The van der Waals surface area contributed by atoms with Crippen molar-refractivity contribution in [1.29, 1.82) is 0 Å². The Morgan fingerprint density at radius 3 is 2.96 bits per heavy atom. The van der Waals surface area contributed by atoms with Gasteiger partial charge >= 0.3 is 0 Å². The second-order valence-corrected chi connectivity index (χ2v) is 6.26. The van der Waals surface area contributed by atoms with Crippen molar-refractivity contribution in [2.75, 3.05) is 25.4 Å². The largest absolute Gasteiger partial charge is 0.399 e. The number of nitrogen functional groups attached to an aromatic ring is 1. The Kier molecular flexibility index (Phi) is 5.28. The summed E-state index contributed by atoms with van der Waals surface area (Å²) in [5, 5.41) is 0. The van der Waals surface area contributed by atoms with E-state index in [1.54, 1.807) is 35.2 Å². The molecule has 0 saturated carbocycles. The molecule has 0 aliphatic carbocycles. The molecule has 5 nitrogen and oxygen atoms in total. The lowest BCUT2D eigenvalue weighted by molar-refractivity contribution is -0.139. The van der Waals surface area contributed by atoms with Gasteiger partial charge in [-0.1, -0.05) is 18.2 Å². The van der Waals surface area contributed by atoms with E-state index < -0.39 is 0 Å². The van der Waals surface area contributed by atoms with Crippen LogP contribution in [0.15, 0.2) is 36.4 Å². The quantitative estimate of drug-likeness (QED) is 0.927. The first kappa shape index (κ1) is 17.4. The maximum absolute atomic E-state index is 13.7. The third-order valence-electron chi connectivity index (χ3n) is 4.31. The third-order valence-corrected chi connectivity index (χ3v) is 4.31. The number of ether oxygens (including phenoxy) is 1. The summed E-state index contributed by atoms with van der Waals surface area (Å²) in [5.74, 6) is -0.272. The Bertz CT molecular complexity index is 746. The number of carbonyl (C=O) groups is 1. The third kappa shape index (κ3) is 4.33. The van der Waals surface area contributed by atoms with Gasteiger partial charge in [-0.2, -0.15) is 0 Å². The van der Waals surface area contributed by atoms with Crippen molar-refractivity contribution in [2.45, 2.75) is 25.9 Å². The van der Waals surface area contributed by atoms with Crippen molar-refractivity contribution in [1.82, 2.24) is 9.88 Å². The van der Waals surface area contributed by atoms with Crippen LogP contribution < -0.4 is 5.73 Å². The first-order valence-electron chi connectivity index (χ1n) is 8.40. The van der Waals surface area contributed by atoms with Gasteiger partial charge in [0.25, 0.3) is 0 Å². The van der Waals surface area contributed by atoms with E-state index in [4.69, 9.17) is 10.5 Å². The second kappa shape index (κ2) is 7.61. The minimum absolute atomic E-state index is 0.00261. The van der Waals surface area contributed by atoms with Gasteiger partial charge in [0.05, 0.1) is 18.8 Å². The fourth-order valence-electron chi connectivity index (χ4n) is 3.04. The highest BCUT2D eigenvalue weighted by Gasteiger charge is 2.26. The normalized spacial score (nSPS) is 17.5. The molecule has 1 aliphatic rings. The molecule has 25 heavy (non-hydrogen) atoms. The number of morpholine rings is 1. The van der Waals surface area contributed by atoms with E-state index in [-0.39, 0.29) is 24.2 Å². The van der Waals surface area contributed by atoms with Crippen molar-refractivity contribution in [2.24, 2.45) is 0 Å². The van der Waals surface area contributed by atoms with E-state index >= 15 is 0 Å². The van der Waals surface area contributed by atoms with Gasteiger partial charge < -0.3 is 15.4 Å². The Balaban J connectivity index is 1.62. The number of rotatable bonds is 4. The molecule has 1 unspecified atom stereocenters. The molecule has 2 aromatic rings. The van der Waals surface area contributed by atoms with Gasteiger partial charge in [0.1, 0.15) is 11.9 Å². The van der Waals surface area contributed by atoms with Crippen LogP contribution in [0, 0.1) is 12.7 Å². The molecule has 1 aliphatic heterocycles. The van der Waals surface area contributed by atoms with Crippen molar-refractivity contribution in [3.8, 4) is 0 Å². The molecule has 1 fully saturated rings. The second-order valence-electron chi connectivity index (χ2n) is 6.26. The smallest absolute Gasteiger partial charge is 0.223 e. The summed E-state index contributed by atoms with van der Waals surface area (Å²) in [5.41, 5.74) is 8.63. The number of nitrogens with zero attached hydrogens (tertiary/aromatic N) is 2. The number of nitrogens with two attached hydrogens (primary N) is 1. The number of aromatic nitrogens is 1. The van der Waals surface area contributed by atoms with Crippen molar-refractivity contribution in [3.05, 3.63) is 59.2 Å². The lowest BCUT2D eigenvalue weighted by Crippen LogP contribution is -2.42. The van der Waals surface area contributed by atoms with Gasteiger partial charge in [-0.25, -0.2) is 4.39 Å². The minimum atomic E-state index is -0.284. The molecule has 6 heteroatoms. The van der Waals surface area contributed by atoms with Crippen molar-refractivity contribution < 1.29 is 13.9 Å². The van der Waals surface area contributed by atoms with Crippen LogP contribution in [-0.4, -0.2) is 35.5 Å². The van der Waals surface area contributed by atoms with Crippen LogP contribution >= 0.6 is 0 Å². The molecule has 132 valence electrons. The van der Waals surface area contributed by atoms with Crippen LogP contribution in [-0.2, 0) is 16.0 Å². The molecule has 2 N–H and O–H groups in total. The number of aryl methyl sites for hydroxylation is 2. The summed E-state index contributed by atoms with van der Waals surface area (Å²) >= 11 is 0. The van der Waals surface area contributed by atoms with E-state index in [9.17, 15) is 9.18 Å². The average Bonchev–Trinajstić information content (AvgIpc) is 2.60. The highest BCUT2D eigenvalue weighted by atomic mass is 19.1. The Morgan fingerprint density at radius 1 is 1.40 bits per heavy atom. The molecule has 1 aromatic carbocycles. The number of pyridine rings is 1. The zero-order chi connectivity index (χ0) is 17.8. The number of anilines is 1. The zero-order valence-electron chi connectivity index (χ0n) is 14.2. The zero-order valence-corrected chi connectivity index (χ0v) is 14.2. The highest BCUT2D eigenvalue weighted by Crippen LogP contribution is 2.23. The number of amides is 1. The minimum Gasteiger partial charge on any atom is -0.399 e. The Morgan fingerprint density at radius 2 is 2.20 bits per heavy atom. The van der Waals surface area contributed by atoms with E-state index in [2.05, 4.69) is 4.98 Å². The lowest BCUT2D eigenvalue weighted by Gasteiger charge is -2.33.